The molecule has 1 fully saturated rings. The van der Waals surface area contributed by atoms with E-state index in [1.54, 1.807) is 6.92 Å². The molecule has 33 heavy (non-hydrogen) atoms. The van der Waals surface area contributed by atoms with Crippen LogP contribution in [-0.4, -0.2) is 35.2 Å². The first-order valence-electron chi connectivity index (χ1n) is 11.3. The zero-order valence-electron chi connectivity index (χ0n) is 19.3. The zero-order chi connectivity index (χ0) is 23.2. The molecule has 172 valence electrons. The lowest BCUT2D eigenvalue weighted by atomic mass is 9.80. The fourth-order valence-electron chi connectivity index (χ4n) is 4.53. The van der Waals surface area contributed by atoms with Crippen molar-refractivity contribution in [2.24, 2.45) is 11.0 Å². The molecule has 0 radical (unpaired) electrons. The lowest BCUT2D eigenvalue weighted by Gasteiger charge is -2.44. The maximum atomic E-state index is 11.7. The summed E-state index contributed by atoms with van der Waals surface area (Å²) in [5.74, 6) is -0.0372. The Hall–Kier alpha value is -3.03. The summed E-state index contributed by atoms with van der Waals surface area (Å²) in [6.07, 6.45) is 1.01. The summed E-state index contributed by atoms with van der Waals surface area (Å²) in [4.78, 5) is 18.7. The molecule has 1 aliphatic rings. The number of likely N-dealkylation sites (tertiary alicyclic amines) is 1. The summed E-state index contributed by atoms with van der Waals surface area (Å²) in [7, 11) is 2.21. The van der Waals surface area contributed by atoms with Crippen LogP contribution in [0, 0.1) is 5.92 Å². The van der Waals surface area contributed by atoms with Gasteiger partial charge < -0.3 is 4.74 Å². The van der Waals surface area contributed by atoms with Crippen molar-refractivity contribution in [3.05, 3.63) is 82.9 Å². The minimum atomic E-state index is -0.263. The molecule has 6 nitrogen and oxygen atoms in total. The Labute approximate surface area is 199 Å². The summed E-state index contributed by atoms with van der Waals surface area (Å²) in [6, 6.07) is 21.7. The molecular weight excluding hydrogens is 432 g/mol. The Morgan fingerprint density at radius 1 is 1.15 bits per heavy atom. The second-order valence-corrected chi connectivity index (χ2v) is 9.14. The lowest BCUT2D eigenvalue weighted by molar-refractivity contribution is -0.142. The van der Waals surface area contributed by atoms with Gasteiger partial charge in [0.1, 0.15) is 0 Å². The van der Waals surface area contributed by atoms with Gasteiger partial charge in [-0.15, -0.1) is 11.3 Å². The number of hydrazone groups is 1. The Balaban J connectivity index is 1.58. The fraction of sp³-hybridized carbons (Fsp3) is 0.346. The maximum absolute atomic E-state index is 11.7. The van der Waals surface area contributed by atoms with Crippen molar-refractivity contribution in [2.45, 2.75) is 38.8 Å². The quantitative estimate of drug-likeness (QED) is 0.372. The molecule has 3 unspecified atom stereocenters. The number of nitrogens with zero attached hydrogens (tertiary/aromatic N) is 3. The van der Waals surface area contributed by atoms with Crippen LogP contribution in [0.3, 0.4) is 0 Å². The van der Waals surface area contributed by atoms with Gasteiger partial charge in [-0.3, -0.25) is 15.1 Å². The first-order chi connectivity index (χ1) is 16.1. The Morgan fingerprint density at radius 2 is 1.82 bits per heavy atom. The van der Waals surface area contributed by atoms with Crippen molar-refractivity contribution in [2.75, 3.05) is 19.1 Å². The summed E-state index contributed by atoms with van der Waals surface area (Å²) in [5.41, 5.74) is 7.53. The number of hydrogen-bond acceptors (Lipinski definition) is 7. The fourth-order valence-corrected chi connectivity index (χ4v) is 5.18. The second-order valence-electron chi connectivity index (χ2n) is 8.28. The van der Waals surface area contributed by atoms with Gasteiger partial charge in [-0.25, -0.2) is 4.98 Å². The molecule has 1 aliphatic heterocycles. The molecule has 0 saturated carbocycles. The van der Waals surface area contributed by atoms with E-state index < -0.39 is 0 Å². The highest BCUT2D eigenvalue weighted by Gasteiger charge is 2.38. The molecule has 4 rings (SSSR count). The van der Waals surface area contributed by atoms with Crippen LogP contribution in [0.5, 0.6) is 0 Å². The van der Waals surface area contributed by atoms with Crippen molar-refractivity contribution in [3.63, 3.8) is 0 Å². The van der Waals surface area contributed by atoms with Crippen molar-refractivity contribution in [1.29, 1.82) is 0 Å². The molecule has 0 bridgehead atoms. The highest BCUT2D eigenvalue weighted by Crippen LogP contribution is 2.42. The summed E-state index contributed by atoms with van der Waals surface area (Å²) in [6.45, 7) is 4.42. The minimum Gasteiger partial charge on any atom is -0.466 e. The molecule has 0 aliphatic carbocycles. The number of anilines is 1. The number of carbonyl (C=O) groups excluding carboxylic acids is 1. The predicted octanol–water partition coefficient (Wildman–Crippen LogP) is 5.47. The van der Waals surface area contributed by atoms with E-state index in [4.69, 9.17) is 9.84 Å². The lowest BCUT2D eigenvalue weighted by Crippen LogP contribution is -2.42. The number of esters is 1. The van der Waals surface area contributed by atoms with Crippen LogP contribution in [0.15, 0.2) is 71.1 Å². The molecule has 7 heteroatoms. The average molecular weight is 463 g/mol. The van der Waals surface area contributed by atoms with E-state index >= 15 is 0 Å². The maximum Gasteiger partial charge on any atom is 0.311 e. The number of piperidine rings is 1. The standard InChI is InChI=1S/C26H30N4O2S/c1-4-32-24(31)15-21-17-33-26(27-21)29-28-22-16-23(19-11-7-5-8-12-19)30(3)25(18(22)2)20-13-9-6-10-14-20/h5-14,17-18,23,25H,4,15-16H2,1-3H3,(H,27,29)/b28-22-. The van der Waals surface area contributed by atoms with Crippen LogP contribution in [0.2, 0.25) is 0 Å². The van der Waals surface area contributed by atoms with Gasteiger partial charge >= 0.3 is 5.97 Å². The third-order valence-electron chi connectivity index (χ3n) is 6.14. The van der Waals surface area contributed by atoms with Crippen molar-refractivity contribution < 1.29 is 9.53 Å². The largest absolute Gasteiger partial charge is 0.466 e. The van der Waals surface area contributed by atoms with E-state index in [-0.39, 0.29) is 30.4 Å². The van der Waals surface area contributed by atoms with Crippen molar-refractivity contribution in [3.8, 4) is 0 Å². The molecule has 0 amide bonds. The Bertz CT molecular complexity index is 1080. The molecule has 2 aromatic carbocycles. The second kappa shape index (κ2) is 10.7. The minimum absolute atomic E-state index is 0.177. The van der Waals surface area contributed by atoms with Gasteiger partial charge in [-0.05, 0) is 25.1 Å². The molecule has 0 spiro atoms. The van der Waals surface area contributed by atoms with Crippen LogP contribution in [0.25, 0.3) is 0 Å². The number of aromatic nitrogens is 1. The Morgan fingerprint density at radius 3 is 2.48 bits per heavy atom. The van der Waals surface area contributed by atoms with Gasteiger partial charge in [0.05, 0.1) is 18.7 Å². The van der Waals surface area contributed by atoms with E-state index in [1.807, 2.05) is 5.38 Å². The van der Waals surface area contributed by atoms with E-state index in [2.05, 4.69) is 89.9 Å². The van der Waals surface area contributed by atoms with Gasteiger partial charge in [-0.2, -0.15) is 5.10 Å². The number of benzene rings is 2. The number of nitrogens with one attached hydrogen (secondary N) is 1. The van der Waals surface area contributed by atoms with Crippen LogP contribution in [0.1, 0.15) is 49.2 Å². The molecular formula is C26H30N4O2S. The smallest absolute Gasteiger partial charge is 0.311 e. The topological polar surface area (TPSA) is 66.8 Å². The van der Waals surface area contributed by atoms with Crippen LogP contribution in [-0.2, 0) is 16.0 Å². The molecule has 1 saturated heterocycles. The summed E-state index contributed by atoms with van der Waals surface area (Å²) < 4.78 is 5.02. The predicted molar refractivity (Wildman–Crippen MR) is 133 cm³/mol. The number of ether oxygens (including phenoxy) is 1. The van der Waals surface area contributed by atoms with Gasteiger partial charge in [0.2, 0.25) is 5.13 Å². The van der Waals surface area contributed by atoms with Gasteiger partial charge in [0, 0.05) is 35.5 Å². The average Bonchev–Trinajstić information content (AvgIpc) is 3.27. The molecule has 3 atom stereocenters. The van der Waals surface area contributed by atoms with Crippen LogP contribution < -0.4 is 5.43 Å². The zero-order valence-corrected chi connectivity index (χ0v) is 20.1. The third kappa shape index (κ3) is 5.49. The normalized spacial score (nSPS) is 22.3. The van der Waals surface area contributed by atoms with Crippen LogP contribution >= 0.6 is 11.3 Å². The highest BCUT2D eigenvalue weighted by molar-refractivity contribution is 7.13. The van der Waals surface area contributed by atoms with Gasteiger partial charge in [0.15, 0.2) is 0 Å². The number of thiazole rings is 1. The van der Waals surface area contributed by atoms with Crippen molar-refractivity contribution in [1.82, 2.24) is 9.88 Å². The van der Waals surface area contributed by atoms with E-state index in [0.29, 0.717) is 17.4 Å². The molecule has 2 heterocycles. The summed E-state index contributed by atoms with van der Waals surface area (Å²) in [5, 5.41) is 7.37. The summed E-state index contributed by atoms with van der Waals surface area (Å²) >= 11 is 1.45. The van der Waals surface area contributed by atoms with E-state index in [9.17, 15) is 4.79 Å². The first-order valence-corrected chi connectivity index (χ1v) is 12.2. The SMILES string of the molecule is CCOC(=O)Cc1csc(N/N=C2/CC(c3ccccc3)N(C)C(c3ccccc3)C2C)n1. The molecule has 1 N–H and O–H groups in total. The third-order valence-corrected chi connectivity index (χ3v) is 6.93. The molecule has 3 aromatic rings. The van der Waals surface area contributed by atoms with E-state index in [0.717, 1.165) is 12.1 Å². The molecule has 1 aromatic heterocycles. The first kappa shape index (κ1) is 23.1. The van der Waals surface area contributed by atoms with Gasteiger partial charge in [-0.1, -0.05) is 67.6 Å². The van der Waals surface area contributed by atoms with Crippen LogP contribution in [0.4, 0.5) is 5.13 Å². The van der Waals surface area contributed by atoms with Gasteiger partial charge in [0.25, 0.3) is 0 Å². The van der Waals surface area contributed by atoms with Crippen molar-refractivity contribution >= 4 is 28.1 Å². The highest BCUT2D eigenvalue weighted by atomic mass is 32.1. The van der Waals surface area contributed by atoms with E-state index in [1.165, 1.54) is 22.5 Å². The number of hydrogen-bond donors (Lipinski definition) is 1. The Kier molecular flexibility index (Phi) is 7.52. The number of carbonyl (C=O) groups is 1. The number of rotatable bonds is 7. The monoisotopic (exact) mass is 462 g/mol.